The first-order valence-electron chi connectivity index (χ1n) is 7.00. The molecule has 0 spiro atoms. The number of hydrogen-bond donors (Lipinski definition) is 2. The van der Waals surface area contributed by atoms with Crippen molar-refractivity contribution in [3.8, 4) is 0 Å². The van der Waals surface area contributed by atoms with Gasteiger partial charge in [-0.05, 0) is 38.1 Å². The molecule has 1 aliphatic heterocycles. The average Bonchev–Trinajstić information content (AvgIpc) is 2.83. The van der Waals surface area contributed by atoms with Gasteiger partial charge >= 0.3 is 0 Å². The first-order valence-corrected chi connectivity index (χ1v) is 8.89. The Balaban J connectivity index is 2.11. The van der Waals surface area contributed by atoms with Crippen molar-refractivity contribution in [2.24, 2.45) is 0 Å². The van der Waals surface area contributed by atoms with Crippen LogP contribution < -0.4 is 11.1 Å². The lowest BCUT2D eigenvalue weighted by Crippen LogP contribution is -2.34. The maximum absolute atomic E-state index is 11.6. The van der Waals surface area contributed by atoms with Gasteiger partial charge in [0.05, 0.1) is 16.3 Å². The Bertz CT molecular complexity index is 572. The van der Waals surface area contributed by atoms with Gasteiger partial charge in [-0.25, -0.2) is 8.42 Å². The molecule has 0 saturated carbocycles. The molecule has 2 rings (SSSR count). The van der Waals surface area contributed by atoms with Gasteiger partial charge in [0.2, 0.25) is 0 Å². The summed E-state index contributed by atoms with van der Waals surface area (Å²) in [5.74, 6) is 0. The van der Waals surface area contributed by atoms with E-state index in [1.54, 1.807) is 12.1 Å². The van der Waals surface area contributed by atoms with E-state index < -0.39 is 9.84 Å². The third-order valence-electron chi connectivity index (χ3n) is 3.90. The number of benzene rings is 1. The second-order valence-electron chi connectivity index (χ2n) is 5.30. The molecule has 1 heterocycles. The van der Waals surface area contributed by atoms with E-state index in [0.29, 0.717) is 17.4 Å². The highest BCUT2D eigenvalue weighted by Crippen LogP contribution is 2.27. The maximum Gasteiger partial charge on any atom is 0.177 e. The SMILES string of the molecule is CCN1CCCC1CNc1cccc(S(C)(=O)=O)c1N. The zero-order valence-electron chi connectivity index (χ0n) is 12.1. The van der Waals surface area contributed by atoms with Crippen molar-refractivity contribution in [1.82, 2.24) is 4.90 Å². The smallest absolute Gasteiger partial charge is 0.177 e. The highest BCUT2D eigenvalue weighted by molar-refractivity contribution is 7.90. The fourth-order valence-corrected chi connectivity index (χ4v) is 3.63. The molecule has 0 bridgehead atoms. The molecule has 1 saturated heterocycles. The van der Waals surface area contributed by atoms with E-state index >= 15 is 0 Å². The highest BCUT2D eigenvalue weighted by Gasteiger charge is 2.23. The topological polar surface area (TPSA) is 75.4 Å². The summed E-state index contributed by atoms with van der Waals surface area (Å²) in [7, 11) is -3.28. The number of para-hydroxylation sites is 1. The quantitative estimate of drug-likeness (QED) is 0.807. The normalized spacial score (nSPS) is 20.2. The second-order valence-corrected chi connectivity index (χ2v) is 7.28. The number of rotatable bonds is 5. The summed E-state index contributed by atoms with van der Waals surface area (Å²) >= 11 is 0. The summed E-state index contributed by atoms with van der Waals surface area (Å²) in [5, 5.41) is 3.30. The predicted molar refractivity (Wildman–Crippen MR) is 82.7 cm³/mol. The van der Waals surface area contributed by atoms with Crippen LogP contribution in [0.5, 0.6) is 0 Å². The lowest BCUT2D eigenvalue weighted by Gasteiger charge is -2.24. The van der Waals surface area contributed by atoms with Crippen molar-refractivity contribution in [1.29, 1.82) is 0 Å². The van der Waals surface area contributed by atoms with Crippen LogP contribution >= 0.6 is 0 Å². The Labute approximate surface area is 121 Å². The summed E-state index contributed by atoms with van der Waals surface area (Å²) in [6.45, 7) is 5.15. The first kappa shape index (κ1) is 15.1. The summed E-state index contributed by atoms with van der Waals surface area (Å²) in [4.78, 5) is 2.63. The number of likely N-dealkylation sites (N-methyl/N-ethyl adjacent to an activating group) is 1. The molecule has 20 heavy (non-hydrogen) atoms. The van der Waals surface area contributed by atoms with Gasteiger partial charge in [0.1, 0.15) is 0 Å². The van der Waals surface area contributed by atoms with E-state index in [9.17, 15) is 8.42 Å². The molecule has 0 amide bonds. The van der Waals surface area contributed by atoms with Gasteiger partial charge < -0.3 is 11.1 Å². The first-order chi connectivity index (χ1) is 9.43. The minimum Gasteiger partial charge on any atom is -0.396 e. The van der Waals surface area contributed by atoms with Crippen LogP contribution in [0.25, 0.3) is 0 Å². The summed E-state index contributed by atoms with van der Waals surface area (Å²) in [6.07, 6.45) is 3.57. The minimum atomic E-state index is -3.28. The van der Waals surface area contributed by atoms with Crippen LogP contribution in [-0.2, 0) is 9.84 Å². The lowest BCUT2D eigenvalue weighted by molar-refractivity contribution is 0.277. The lowest BCUT2D eigenvalue weighted by atomic mass is 10.2. The summed E-state index contributed by atoms with van der Waals surface area (Å²) < 4.78 is 23.3. The number of nitrogens with zero attached hydrogens (tertiary/aromatic N) is 1. The third kappa shape index (κ3) is 3.24. The number of nitrogens with two attached hydrogens (primary N) is 1. The molecule has 0 radical (unpaired) electrons. The molecule has 1 unspecified atom stereocenters. The molecule has 0 aliphatic carbocycles. The molecule has 112 valence electrons. The Morgan fingerprint density at radius 2 is 2.20 bits per heavy atom. The predicted octanol–water partition coefficient (Wildman–Crippen LogP) is 1.57. The third-order valence-corrected chi connectivity index (χ3v) is 5.05. The molecule has 1 aromatic rings. The fraction of sp³-hybridized carbons (Fsp3) is 0.571. The number of anilines is 2. The molecule has 5 nitrogen and oxygen atoms in total. The molecular weight excluding hydrogens is 274 g/mol. The number of sulfone groups is 1. The minimum absolute atomic E-state index is 0.196. The van der Waals surface area contributed by atoms with E-state index in [4.69, 9.17) is 5.73 Å². The van der Waals surface area contributed by atoms with Crippen molar-refractivity contribution >= 4 is 21.2 Å². The van der Waals surface area contributed by atoms with Gasteiger partial charge in [-0.1, -0.05) is 13.0 Å². The van der Waals surface area contributed by atoms with Crippen molar-refractivity contribution in [2.45, 2.75) is 30.7 Å². The Kier molecular flexibility index (Phi) is 4.55. The molecule has 6 heteroatoms. The van der Waals surface area contributed by atoms with Crippen molar-refractivity contribution in [3.05, 3.63) is 18.2 Å². The Morgan fingerprint density at radius 1 is 1.45 bits per heavy atom. The van der Waals surface area contributed by atoms with Crippen LogP contribution in [0, 0.1) is 0 Å². The van der Waals surface area contributed by atoms with Crippen LogP contribution in [0.1, 0.15) is 19.8 Å². The highest BCUT2D eigenvalue weighted by atomic mass is 32.2. The van der Waals surface area contributed by atoms with Crippen molar-refractivity contribution in [3.63, 3.8) is 0 Å². The van der Waals surface area contributed by atoms with Gasteiger partial charge in [0.25, 0.3) is 0 Å². The summed E-state index contributed by atoms with van der Waals surface area (Å²) in [5.41, 5.74) is 6.99. The van der Waals surface area contributed by atoms with Crippen LogP contribution in [0.2, 0.25) is 0 Å². The van der Waals surface area contributed by atoms with Gasteiger partial charge in [-0.15, -0.1) is 0 Å². The number of nitrogen functional groups attached to an aromatic ring is 1. The standard InChI is InChI=1S/C14H23N3O2S/c1-3-17-9-5-6-11(17)10-16-12-7-4-8-13(14(12)15)20(2,18)19/h4,7-8,11,16H,3,5-6,9-10,15H2,1-2H3. The van der Waals surface area contributed by atoms with Gasteiger partial charge in [0, 0.05) is 18.8 Å². The zero-order valence-corrected chi connectivity index (χ0v) is 12.9. The van der Waals surface area contributed by atoms with Crippen LogP contribution in [0.3, 0.4) is 0 Å². The van der Waals surface area contributed by atoms with Gasteiger partial charge in [-0.3, -0.25) is 4.90 Å². The fourth-order valence-electron chi connectivity index (χ4n) is 2.79. The number of likely N-dealkylation sites (tertiary alicyclic amines) is 1. The summed E-state index contributed by atoms with van der Waals surface area (Å²) in [6, 6.07) is 5.60. The number of nitrogens with one attached hydrogen (secondary N) is 1. The van der Waals surface area contributed by atoms with Gasteiger partial charge in [-0.2, -0.15) is 0 Å². The van der Waals surface area contributed by atoms with Crippen LogP contribution in [0.4, 0.5) is 11.4 Å². The Morgan fingerprint density at radius 3 is 2.85 bits per heavy atom. The van der Waals surface area contributed by atoms with Crippen molar-refractivity contribution in [2.75, 3.05) is 36.9 Å². The molecule has 1 fully saturated rings. The molecule has 1 aromatic carbocycles. The largest absolute Gasteiger partial charge is 0.396 e. The molecule has 0 aromatic heterocycles. The Hall–Kier alpha value is -1.27. The van der Waals surface area contributed by atoms with E-state index in [1.165, 1.54) is 19.1 Å². The van der Waals surface area contributed by atoms with Gasteiger partial charge in [0.15, 0.2) is 9.84 Å². The van der Waals surface area contributed by atoms with Crippen molar-refractivity contribution < 1.29 is 8.42 Å². The van der Waals surface area contributed by atoms with E-state index in [1.807, 2.05) is 6.07 Å². The zero-order chi connectivity index (χ0) is 14.8. The maximum atomic E-state index is 11.6. The molecule has 1 atom stereocenters. The number of hydrogen-bond acceptors (Lipinski definition) is 5. The average molecular weight is 297 g/mol. The monoisotopic (exact) mass is 297 g/mol. The van der Waals surface area contributed by atoms with Crippen LogP contribution in [-0.4, -0.2) is 45.2 Å². The van der Waals surface area contributed by atoms with E-state index in [0.717, 1.165) is 19.6 Å². The molecule has 1 aliphatic rings. The van der Waals surface area contributed by atoms with Crippen LogP contribution in [0.15, 0.2) is 23.1 Å². The van der Waals surface area contributed by atoms with E-state index in [2.05, 4.69) is 17.1 Å². The second kappa shape index (κ2) is 6.01. The van der Waals surface area contributed by atoms with E-state index in [-0.39, 0.29) is 4.90 Å². The molecular formula is C14H23N3O2S. The molecule has 3 N–H and O–H groups in total.